The molecule has 17 heavy (non-hydrogen) atoms. The van der Waals surface area contributed by atoms with Gasteiger partial charge in [-0.3, -0.25) is 9.78 Å². The zero-order valence-electron chi connectivity index (χ0n) is 9.60. The Morgan fingerprint density at radius 3 is 3.12 bits per heavy atom. The topological polar surface area (TPSA) is 74.2 Å². The molecule has 0 saturated carbocycles. The predicted octanol–water partition coefficient (Wildman–Crippen LogP) is -0.679. The van der Waals surface area contributed by atoms with Gasteiger partial charge in [-0.25, -0.2) is 0 Å². The lowest BCUT2D eigenvalue weighted by atomic mass is 10.1. The van der Waals surface area contributed by atoms with Crippen molar-refractivity contribution in [3.05, 3.63) is 30.1 Å². The fourth-order valence-corrected chi connectivity index (χ4v) is 1.92. The molecule has 1 fully saturated rings. The first-order valence-corrected chi connectivity index (χ1v) is 5.80. The van der Waals surface area contributed by atoms with Gasteiger partial charge in [0.15, 0.2) is 0 Å². The lowest BCUT2D eigenvalue weighted by Crippen LogP contribution is -2.35. The molecule has 5 nitrogen and oxygen atoms in total. The van der Waals surface area contributed by atoms with Gasteiger partial charge in [0.05, 0.1) is 12.5 Å². The first-order valence-electron chi connectivity index (χ1n) is 5.80. The number of pyridine rings is 1. The summed E-state index contributed by atoms with van der Waals surface area (Å²) in [6, 6.07) is 3.69. The number of aliphatic hydroxyl groups excluding tert-OH is 1. The molecule has 3 N–H and O–H groups in total. The summed E-state index contributed by atoms with van der Waals surface area (Å²) in [7, 11) is 0. The van der Waals surface area contributed by atoms with Crippen LogP contribution in [0.1, 0.15) is 5.56 Å². The zero-order chi connectivity index (χ0) is 12.1. The van der Waals surface area contributed by atoms with Crippen molar-refractivity contribution >= 4 is 5.91 Å². The minimum atomic E-state index is -0.353. The Labute approximate surface area is 100 Å². The number of rotatable bonds is 4. The minimum Gasteiger partial charge on any atom is -0.391 e. The van der Waals surface area contributed by atoms with Crippen molar-refractivity contribution in [2.75, 3.05) is 19.6 Å². The van der Waals surface area contributed by atoms with Crippen LogP contribution in [0.2, 0.25) is 0 Å². The van der Waals surface area contributed by atoms with Crippen LogP contribution in [0, 0.1) is 5.92 Å². The van der Waals surface area contributed by atoms with E-state index in [1.807, 2.05) is 12.1 Å². The lowest BCUT2D eigenvalue weighted by Gasteiger charge is -2.13. The van der Waals surface area contributed by atoms with Gasteiger partial charge in [-0.15, -0.1) is 0 Å². The van der Waals surface area contributed by atoms with E-state index in [0.29, 0.717) is 19.5 Å². The van der Waals surface area contributed by atoms with Gasteiger partial charge < -0.3 is 15.7 Å². The number of nitrogens with zero attached hydrogens (tertiary/aromatic N) is 1. The van der Waals surface area contributed by atoms with Crippen molar-refractivity contribution in [3.63, 3.8) is 0 Å². The second kappa shape index (κ2) is 5.75. The summed E-state index contributed by atoms with van der Waals surface area (Å²) in [5.41, 5.74) is 0.898. The summed E-state index contributed by atoms with van der Waals surface area (Å²) < 4.78 is 0. The van der Waals surface area contributed by atoms with Gasteiger partial charge in [0.1, 0.15) is 0 Å². The van der Waals surface area contributed by atoms with E-state index < -0.39 is 0 Å². The highest BCUT2D eigenvalue weighted by Crippen LogP contribution is 2.07. The largest absolute Gasteiger partial charge is 0.391 e. The summed E-state index contributed by atoms with van der Waals surface area (Å²) in [5.74, 6) is 0.0879. The molecule has 1 aliphatic rings. The van der Waals surface area contributed by atoms with Crippen LogP contribution in [-0.4, -0.2) is 41.7 Å². The number of nitrogens with one attached hydrogen (secondary N) is 2. The normalized spacial score (nSPS) is 23.6. The smallest absolute Gasteiger partial charge is 0.224 e. The molecule has 0 spiro atoms. The van der Waals surface area contributed by atoms with E-state index in [-0.39, 0.29) is 17.9 Å². The number of hydrogen-bond acceptors (Lipinski definition) is 4. The predicted molar refractivity (Wildman–Crippen MR) is 63.3 cm³/mol. The molecule has 1 saturated heterocycles. The van der Waals surface area contributed by atoms with E-state index >= 15 is 0 Å². The average Bonchev–Trinajstić information content (AvgIpc) is 2.74. The van der Waals surface area contributed by atoms with Crippen LogP contribution in [0.4, 0.5) is 0 Å². The molecule has 1 aromatic heterocycles. The van der Waals surface area contributed by atoms with Gasteiger partial charge in [-0.05, 0) is 11.6 Å². The summed E-state index contributed by atoms with van der Waals surface area (Å²) in [6.45, 7) is 1.89. The van der Waals surface area contributed by atoms with Crippen LogP contribution < -0.4 is 10.6 Å². The Morgan fingerprint density at radius 2 is 2.47 bits per heavy atom. The SMILES string of the molecule is O=C(Cc1cccnc1)NCC1CNCC1O. The maximum atomic E-state index is 11.6. The molecule has 0 bridgehead atoms. The number of aliphatic hydroxyl groups is 1. The second-order valence-corrected chi connectivity index (χ2v) is 4.33. The molecule has 1 amide bonds. The van der Waals surface area contributed by atoms with Crippen LogP contribution in [0.5, 0.6) is 0 Å². The fourth-order valence-electron chi connectivity index (χ4n) is 1.92. The van der Waals surface area contributed by atoms with E-state index in [2.05, 4.69) is 15.6 Å². The van der Waals surface area contributed by atoms with E-state index in [1.54, 1.807) is 12.4 Å². The molecule has 2 heterocycles. The molecule has 0 aliphatic carbocycles. The van der Waals surface area contributed by atoms with Crippen LogP contribution in [-0.2, 0) is 11.2 Å². The van der Waals surface area contributed by atoms with Crippen molar-refractivity contribution < 1.29 is 9.90 Å². The molecule has 2 rings (SSSR count). The monoisotopic (exact) mass is 235 g/mol. The Bertz CT molecular complexity index is 369. The van der Waals surface area contributed by atoms with Crippen LogP contribution in [0.3, 0.4) is 0 Å². The van der Waals surface area contributed by atoms with Crippen molar-refractivity contribution in [1.29, 1.82) is 0 Å². The Balaban J connectivity index is 1.74. The minimum absolute atomic E-state index is 0.0305. The summed E-state index contributed by atoms with van der Waals surface area (Å²) in [5, 5.41) is 15.5. The first-order chi connectivity index (χ1) is 8.25. The molecule has 0 radical (unpaired) electrons. The maximum absolute atomic E-state index is 11.6. The third-order valence-corrected chi connectivity index (χ3v) is 2.95. The van der Waals surface area contributed by atoms with E-state index in [0.717, 1.165) is 12.1 Å². The molecule has 1 aromatic rings. The fraction of sp³-hybridized carbons (Fsp3) is 0.500. The van der Waals surface area contributed by atoms with Gasteiger partial charge in [-0.2, -0.15) is 0 Å². The summed E-state index contributed by atoms with van der Waals surface area (Å²) in [4.78, 5) is 15.6. The molecule has 1 aliphatic heterocycles. The van der Waals surface area contributed by atoms with Gasteiger partial charge in [-0.1, -0.05) is 6.07 Å². The van der Waals surface area contributed by atoms with E-state index in [1.165, 1.54) is 0 Å². The Kier molecular flexibility index (Phi) is 4.06. The summed E-state index contributed by atoms with van der Waals surface area (Å²) >= 11 is 0. The van der Waals surface area contributed by atoms with Crippen molar-refractivity contribution in [1.82, 2.24) is 15.6 Å². The maximum Gasteiger partial charge on any atom is 0.224 e. The number of aromatic nitrogens is 1. The first kappa shape index (κ1) is 12.0. The molecule has 2 unspecified atom stereocenters. The number of β-amino-alcohol motifs (C(OH)–C–C–N with tert-alkyl or cyclic N) is 1. The molecule has 5 heteroatoms. The van der Waals surface area contributed by atoms with E-state index in [9.17, 15) is 9.90 Å². The Morgan fingerprint density at radius 1 is 1.59 bits per heavy atom. The molecule has 2 atom stereocenters. The highest BCUT2D eigenvalue weighted by atomic mass is 16.3. The molecular weight excluding hydrogens is 218 g/mol. The number of carbonyl (C=O) groups is 1. The van der Waals surface area contributed by atoms with Gasteiger partial charge >= 0.3 is 0 Å². The second-order valence-electron chi connectivity index (χ2n) is 4.33. The highest BCUT2D eigenvalue weighted by Gasteiger charge is 2.24. The lowest BCUT2D eigenvalue weighted by molar-refractivity contribution is -0.120. The van der Waals surface area contributed by atoms with Gasteiger partial charge in [0.2, 0.25) is 5.91 Å². The van der Waals surface area contributed by atoms with Gasteiger partial charge in [0, 0.05) is 37.9 Å². The molecular formula is C12H17N3O2. The average molecular weight is 235 g/mol. The quantitative estimate of drug-likeness (QED) is 0.646. The van der Waals surface area contributed by atoms with Crippen LogP contribution in [0.25, 0.3) is 0 Å². The standard InChI is InChI=1S/C12H17N3O2/c16-11-8-14-6-10(11)7-15-12(17)4-9-2-1-3-13-5-9/h1-3,5,10-11,14,16H,4,6-8H2,(H,15,17). The van der Waals surface area contributed by atoms with Crippen molar-refractivity contribution in [2.45, 2.75) is 12.5 Å². The van der Waals surface area contributed by atoms with E-state index in [4.69, 9.17) is 0 Å². The highest BCUT2D eigenvalue weighted by molar-refractivity contribution is 5.78. The third-order valence-electron chi connectivity index (χ3n) is 2.95. The molecule has 92 valence electrons. The number of hydrogen-bond donors (Lipinski definition) is 3. The zero-order valence-corrected chi connectivity index (χ0v) is 9.60. The van der Waals surface area contributed by atoms with Crippen molar-refractivity contribution in [2.24, 2.45) is 5.92 Å². The summed E-state index contributed by atoms with van der Waals surface area (Å²) in [6.07, 6.45) is 3.35. The van der Waals surface area contributed by atoms with Gasteiger partial charge in [0.25, 0.3) is 0 Å². The number of carbonyl (C=O) groups excluding carboxylic acids is 1. The third kappa shape index (κ3) is 3.51. The van der Waals surface area contributed by atoms with Crippen LogP contribution >= 0.6 is 0 Å². The Hall–Kier alpha value is -1.46. The van der Waals surface area contributed by atoms with Crippen molar-refractivity contribution in [3.8, 4) is 0 Å². The van der Waals surface area contributed by atoms with Crippen LogP contribution in [0.15, 0.2) is 24.5 Å². The molecule has 0 aromatic carbocycles. The number of amides is 1.